The Labute approximate surface area is 143 Å². The molecule has 0 aliphatic heterocycles. The minimum Gasteiger partial charge on any atom is -0.309 e. The summed E-state index contributed by atoms with van der Waals surface area (Å²) >= 11 is 3.05. The largest absolute Gasteiger partial charge is 0.309 e. The first kappa shape index (κ1) is 15.1. The lowest BCUT2D eigenvalue weighted by atomic mass is 10.0. The molecule has 6 nitrogen and oxygen atoms in total. The van der Waals surface area contributed by atoms with Crippen LogP contribution in [0.3, 0.4) is 0 Å². The van der Waals surface area contributed by atoms with Crippen molar-refractivity contribution in [1.29, 1.82) is 0 Å². The van der Waals surface area contributed by atoms with E-state index < -0.39 is 0 Å². The van der Waals surface area contributed by atoms with Gasteiger partial charge in [0, 0.05) is 17.8 Å². The molecule has 23 heavy (non-hydrogen) atoms. The molecule has 0 spiro atoms. The fraction of sp³-hybridized carbons (Fsp3) is 0.600. The van der Waals surface area contributed by atoms with Crippen LogP contribution in [-0.4, -0.2) is 31.4 Å². The highest BCUT2D eigenvalue weighted by molar-refractivity contribution is 7.99. The molecule has 2 aliphatic rings. The summed E-state index contributed by atoms with van der Waals surface area (Å²) in [6, 6.07) is 0. The third-order valence-electron chi connectivity index (χ3n) is 4.24. The van der Waals surface area contributed by atoms with Gasteiger partial charge in [0.25, 0.3) is 0 Å². The summed E-state index contributed by atoms with van der Waals surface area (Å²) < 4.78 is 2.01. The predicted molar refractivity (Wildman–Crippen MR) is 91.1 cm³/mol. The zero-order chi connectivity index (χ0) is 15.8. The molecule has 2 heterocycles. The van der Waals surface area contributed by atoms with Crippen molar-refractivity contribution in [2.24, 2.45) is 7.05 Å². The van der Waals surface area contributed by atoms with E-state index in [4.69, 9.17) is 0 Å². The number of nitrogens with one attached hydrogen (secondary N) is 1. The lowest BCUT2D eigenvalue weighted by Gasteiger charge is -2.06. The number of hydrogen-bond donors (Lipinski definition) is 1. The van der Waals surface area contributed by atoms with Crippen LogP contribution in [0.2, 0.25) is 0 Å². The molecule has 0 aromatic carbocycles. The molecule has 4 rings (SSSR count). The first-order valence-electron chi connectivity index (χ1n) is 8.01. The van der Waals surface area contributed by atoms with Gasteiger partial charge in [-0.3, -0.25) is 4.79 Å². The number of fused-ring (bicyclic) bond motifs is 1. The molecule has 0 radical (unpaired) electrons. The Morgan fingerprint density at radius 3 is 2.96 bits per heavy atom. The molecule has 2 aromatic rings. The molecule has 8 heteroatoms. The van der Waals surface area contributed by atoms with Crippen LogP contribution < -0.4 is 5.32 Å². The summed E-state index contributed by atoms with van der Waals surface area (Å²) in [5.74, 6) is 1.91. The Bertz CT molecular complexity index is 711. The van der Waals surface area contributed by atoms with Crippen molar-refractivity contribution in [3.63, 3.8) is 0 Å². The van der Waals surface area contributed by atoms with Crippen LogP contribution in [0.5, 0.6) is 0 Å². The van der Waals surface area contributed by atoms with E-state index in [9.17, 15) is 4.79 Å². The molecule has 0 atom stereocenters. The molecule has 2 aromatic heterocycles. The van der Waals surface area contributed by atoms with Gasteiger partial charge in [-0.1, -0.05) is 11.8 Å². The molecule has 2 aliphatic carbocycles. The quantitative estimate of drug-likeness (QED) is 0.840. The number of aromatic nitrogens is 4. The van der Waals surface area contributed by atoms with Crippen molar-refractivity contribution < 1.29 is 4.79 Å². The third-order valence-corrected chi connectivity index (χ3v) is 6.33. The van der Waals surface area contributed by atoms with Gasteiger partial charge in [0.15, 0.2) is 10.3 Å². The number of rotatable bonds is 5. The van der Waals surface area contributed by atoms with Crippen LogP contribution in [0.4, 0.5) is 5.13 Å². The fourth-order valence-electron chi connectivity index (χ4n) is 2.84. The molecular formula is C15H19N5OS2. The molecular weight excluding hydrogens is 330 g/mol. The Morgan fingerprint density at radius 2 is 2.17 bits per heavy atom. The summed E-state index contributed by atoms with van der Waals surface area (Å²) in [6.45, 7) is 0. The van der Waals surface area contributed by atoms with Crippen LogP contribution in [-0.2, 0) is 24.7 Å². The number of thiazole rings is 1. The fourth-order valence-corrected chi connectivity index (χ4v) is 4.62. The van der Waals surface area contributed by atoms with Gasteiger partial charge in [0.2, 0.25) is 5.91 Å². The molecule has 122 valence electrons. The average Bonchev–Trinajstić information content (AvgIpc) is 3.19. The molecule has 1 saturated carbocycles. The lowest BCUT2D eigenvalue weighted by Crippen LogP contribution is -2.14. The van der Waals surface area contributed by atoms with E-state index in [1.165, 1.54) is 48.0 Å². The molecule has 0 unspecified atom stereocenters. The van der Waals surface area contributed by atoms with Crippen molar-refractivity contribution in [2.75, 3.05) is 11.1 Å². The maximum atomic E-state index is 12.1. The number of thioether (sulfide) groups is 1. The molecule has 1 fully saturated rings. The summed E-state index contributed by atoms with van der Waals surface area (Å²) in [5, 5.41) is 12.9. The highest BCUT2D eigenvalue weighted by Gasteiger charge is 2.29. The normalized spacial score (nSPS) is 17.1. The summed E-state index contributed by atoms with van der Waals surface area (Å²) in [6.07, 6.45) is 6.97. The zero-order valence-electron chi connectivity index (χ0n) is 13.0. The molecule has 1 N–H and O–H groups in total. The van der Waals surface area contributed by atoms with Gasteiger partial charge in [-0.25, -0.2) is 4.98 Å². The minimum absolute atomic E-state index is 0.0305. The summed E-state index contributed by atoms with van der Waals surface area (Å²) in [7, 11) is 1.97. The predicted octanol–water partition coefficient (Wildman–Crippen LogP) is 2.76. The molecule has 0 saturated heterocycles. The highest BCUT2D eigenvalue weighted by Crippen LogP contribution is 2.39. The highest BCUT2D eigenvalue weighted by atomic mass is 32.2. The number of anilines is 1. The second kappa shape index (κ2) is 6.24. The Morgan fingerprint density at radius 1 is 1.35 bits per heavy atom. The maximum absolute atomic E-state index is 12.1. The topological polar surface area (TPSA) is 72.7 Å². The van der Waals surface area contributed by atoms with Crippen molar-refractivity contribution in [3.8, 4) is 0 Å². The van der Waals surface area contributed by atoms with Crippen LogP contribution >= 0.6 is 23.1 Å². The van der Waals surface area contributed by atoms with Crippen molar-refractivity contribution >= 4 is 34.1 Å². The second-order valence-corrected chi connectivity index (χ2v) is 8.13. The van der Waals surface area contributed by atoms with Gasteiger partial charge in [-0.05, 0) is 38.5 Å². The van der Waals surface area contributed by atoms with Gasteiger partial charge in [-0.15, -0.1) is 21.5 Å². The Hall–Kier alpha value is -1.41. The van der Waals surface area contributed by atoms with Gasteiger partial charge < -0.3 is 9.88 Å². The van der Waals surface area contributed by atoms with E-state index >= 15 is 0 Å². The Balaban J connectivity index is 1.34. The minimum atomic E-state index is -0.0305. The van der Waals surface area contributed by atoms with Crippen molar-refractivity contribution in [3.05, 3.63) is 16.4 Å². The smallest absolute Gasteiger partial charge is 0.236 e. The van der Waals surface area contributed by atoms with Crippen LogP contribution in [0.15, 0.2) is 5.16 Å². The van der Waals surface area contributed by atoms with E-state index in [0.717, 1.165) is 29.0 Å². The number of amides is 1. The Kier molecular flexibility index (Phi) is 4.11. The first-order valence-corrected chi connectivity index (χ1v) is 9.81. The number of nitrogens with zero attached hydrogens (tertiary/aromatic N) is 4. The second-order valence-electron chi connectivity index (χ2n) is 6.11. The van der Waals surface area contributed by atoms with Crippen LogP contribution in [0.1, 0.15) is 48.0 Å². The summed E-state index contributed by atoms with van der Waals surface area (Å²) in [5.41, 5.74) is 1.17. The van der Waals surface area contributed by atoms with Crippen molar-refractivity contribution in [2.45, 2.75) is 49.6 Å². The van der Waals surface area contributed by atoms with Gasteiger partial charge in [0.1, 0.15) is 5.82 Å². The van der Waals surface area contributed by atoms with Crippen LogP contribution in [0, 0.1) is 0 Å². The maximum Gasteiger partial charge on any atom is 0.236 e. The van der Waals surface area contributed by atoms with E-state index in [2.05, 4.69) is 20.5 Å². The van der Waals surface area contributed by atoms with E-state index in [1.807, 2.05) is 11.6 Å². The molecule has 1 amide bonds. The van der Waals surface area contributed by atoms with Gasteiger partial charge in [-0.2, -0.15) is 0 Å². The van der Waals surface area contributed by atoms with Gasteiger partial charge in [0.05, 0.1) is 11.4 Å². The number of carbonyl (C=O) groups excluding carboxylic acids is 1. The third kappa shape index (κ3) is 3.28. The SMILES string of the molecule is Cn1c(SCC(=O)Nc2nc3c(s2)CCCC3)nnc1C1CC1. The molecule has 0 bridgehead atoms. The zero-order valence-corrected chi connectivity index (χ0v) is 14.7. The first-order chi connectivity index (χ1) is 11.2. The van der Waals surface area contributed by atoms with E-state index in [1.54, 1.807) is 11.3 Å². The van der Waals surface area contributed by atoms with Crippen molar-refractivity contribution in [1.82, 2.24) is 19.7 Å². The lowest BCUT2D eigenvalue weighted by molar-refractivity contribution is -0.113. The van der Waals surface area contributed by atoms with E-state index in [0.29, 0.717) is 11.7 Å². The summed E-state index contributed by atoms with van der Waals surface area (Å²) in [4.78, 5) is 18.0. The number of carbonyl (C=O) groups is 1. The van der Waals surface area contributed by atoms with Crippen LogP contribution in [0.25, 0.3) is 0 Å². The number of aryl methyl sites for hydroxylation is 2. The standard InChI is InChI=1S/C15H19N5OS2/c1-20-13(9-6-7-9)18-19-15(20)22-8-12(21)17-14-16-10-4-2-3-5-11(10)23-14/h9H,2-8H2,1H3,(H,16,17,21). The van der Waals surface area contributed by atoms with Gasteiger partial charge >= 0.3 is 0 Å². The number of hydrogen-bond acceptors (Lipinski definition) is 6. The van der Waals surface area contributed by atoms with E-state index in [-0.39, 0.29) is 5.91 Å². The average molecular weight is 349 g/mol. The monoisotopic (exact) mass is 349 g/mol.